The van der Waals surface area contributed by atoms with Crippen molar-refractivity contribution in [3.8, 4) is 0 Å². The molecule has 1 aliphatic carbocycles. The number of hydrogen-bond donors (Lipinski definition) is 1. The minimum atomic E-state index is -3.42. The number of rotatable bonds is 5. The van der Waals surface area contributed by atoms with E-state index in [2.05, 4.69) is 6.92 Å². The molecule has 2 N–H and O–H groups in total. The standard InChI is InChI=1S/C16H26N2O2S/c1-3-13-7-9-15(10-8-13)18(2)21(19,20)16-6-4-5-14(11-16)12-17/h4-6,11,13,15H,3,7-10,12,17H2,1-2H3. The molecule has 0 aromatic heterocycles. The Hall–Kier alpha value is -0.910. The molecule has 0 spiro atoms. The Morgan fingerprint density at radius 3 is 2.48 bits per heavy atom. The summed E-state index contributed by atoms with van der Waals surface area (Å²) in [6.45, 7) is 2.57. The zero-order chi connectivity index (χ0) is 15.5. The second-order valence-electron chi connectivity index (χ2n) is 5.96. The molecule has 0 heterocycles. The van der Waals surface area contributed by atoms with Crippen LogP contribution in [0.15, 0.2) is 29.2 Å². The molecule has 118 valence electrons. The first-order valence-corrected chi connectivity index (χ1v) is 9.20. The Morgan fingerprint density at radius 2 is 1.90 bits per heavy atom. The van der Waals surface area contributed by atoms with Gasteiger partial charge in [-0.15, -0.1) is 0 Å². The van der Waals surface area contributed by atoms with Gasteiger partial charge in [0.25, 0.3) is 0 Å². The fourth-order valence-electron chi connectivity index (χ4n) is 3.11. The van der Waals surface area contributed by atoms with Crippen LogP contribution in [0.4, 0.5) is 0 Å². The van der Waals surface area contributed by atoms with Crippen molar-refractivity contribution in [1.82, 2.24) is 4.31 Å². The SMILES string of the molecule is CCC1CCC(N(C)S(=O)(=O)c2cccc(CN)c2)CC1. The first kappa shape index (κ1) is 16.5. The fourth-order valence-corrected chi connectivity index (χ4v) is 4.60. The molecule has 1 aliphatic rings. The maximum atomic E-state index is 12.7. The minimum Gasteiger partial charge on any atom is -0.326 e. The van der Waals surface area contributed by atoms with Crippen LogP contribution in [-0.2, 0) is 16.6 Å². The molecule has 1 aromatic rings. The maximum Gasteiger partial charge on any atom is 0.243 e. The molecule has 0 atom stereocenters. The lowest BCUT2D eigenvalue weighted by atomic mass is 9.85. The highest BCUT2D eigenvalue weighted by Gasteiger charge is 2.31. The van der Waals surface area contributed by atoms with Crippen molar-refractivity contribution in [2.75, 3.05) is 7.05 Å². The van der Waals surface area contributed by atoms with Crippen molar-refractivity contribution in [3.05, 3.63) is 29.8 Å². The van der Waals surface area contributed by atoms with Gasteiger partial charge in [-0.05, 0) is 49.3 Å². The van der Waals surface area contributed by atoms with E-state index in [1.807, 2.05) is 6.07 Å². The predicted molar refractivity (Wildman–Crippen MR) is 85.3 cm³/mol. The molecule has 0 unspecified atom stereocenters. The van der Waals surface area contributed by atoms with Crippen molar-refractivity contribution in [2.45, 2.75) is 56.5 Å². The summed E-state index contributed by atoms with van der Waals surface area (Å²) in [6, 6.07) is 7.08. The fraction of sp³-hybridized carbons (Fsp3) is 0.625. The lowest BCUT2D eigenvalue weighted by Gasteiger charge is -2.33. The molecule has 0 radical (unpaired) electrons. The van der Waals surface area contributed by atoms with E-state index in [4.69, 9.17) is 5.73 Å². The Morgan fingerprint density at radius 1 is 1.24 bits per heavy atom. The molecule has 4 nitrogen and oxygen atoms in total. The second kappa shape index (κ2) is 6.90. The van der Waals surface area contributed by atoms with Gasteiger partial charge in [-0.3, -0.25) is 0 Å². The molecule has 0 aliphatic heterocycles. The van der Waals surface area contributed by atoms with E-state index < -0.39 is 10.0 Å². The van der Waals surface area contributed by atoms with Crippen LogP contribution in [0.5, 0.6) is 0 Å². The quantitative estimate of drug-likeness (QED) is 0.909. The van der Waals surface area contributed by atoms with Crippen molar-refractivity contribution >= 4 is 10.0 Å². The number of nitrogens with zero attached hydrogens (tertiary/aromatic N) is 1. The number of sulfonamides is 1. The molecule has 0 saturated heterocycles. The molecule has 1 aromatic carbocycles. The van der Waals surface area contributed by atoms with E-state index in [1.165, 1.54) is 6.42 Å². The lowest BCUT2D eigenvalue weighted by molar-refractivity contribution is 0.233. The highest BCUT2D eigenvalue weighted by molar-refractivity contribution is 7.89. The van der Waals surface area contributed by atoms with Crippen LogP contribution in [0.25, 0.3) is 0 Å². The molecule has 5 heteroatoms. The average molecular weight is 310 g/mol. The van der Waals surface area contributed by atoms with Crippen LogP contribution in [0, 0.1) is 5.92 Å². The smallest absolute Gasteiger partial charge is 0.243 e. The number of benzene rings is 1. The summed E-state index contributed by atoms with van der Waals surface area (Å²) in [5.41, 5.74) is 6.45. The predicted octanol–water partition coefficient (Wildman–Crippen LogP) is 2.73. The van der Waals surface area contributed by atoms with Crippen molar-refractivity contribution in [1.29, 1.82) is 0 Å². The Bertz CT molecular complexity index is 563. The van der Waals surface area contributed by atoms with Gasteiger partial charge in [-0.25, -0.2) is 8.42 Å². The Balaban J connectivity index is 2.15. The van der Waals surface area contributed by atoms with E-state index in [1.54, 1.807) is 29.6 Å². The van der Waals surface area contributed by atoms with Crippen molar-refractivity contribution in [2.24, 2.45) is 11.7 Å². The normalized spacial score (nSPS) is 23.4. The highest BCUT2D eigenvalue weighted by Crippen LogP contribution is 2.31. The molecule has 0 amide bonds. The van der Waals surface area contributed by atoms with Gasteiger partial charge in [-0.1, -0.05) is 25.5 Å². The third kappa shape index (κ3) is 3.65. The van der Waals surface area contributed by atoms with Crippen LogP contribution >= 0.6 is 0 Å². The van der Waals surface area contributed by atoms with E-state index in [-0.39, 0.29) is 6.04 Å². The van der Waals surface area contributed by atoms with E-state index >= 15 is 0 Å². The van der Waals surface area contributed by atoms with E-state index in [9.17, 15) is 8.42 Å². The van der Waals surface area contributed by atoms with E-state index in [0.29, 0.717) is 11.4 Å². The molecule has 1 fully saturated rings. The van der Waals surface area contributed by atoms with Crippen molar-refractivity contribution < 1.29 is 8.42 Å². The molecule has 1 saturated carbocycles. The first-order chi connectivity index (χ1) is 9.98. The molecular weight excluding hydrogens is 284 g/mol. The maximum absolute atomic E-state index is 12.7. The first-order valence-electron chi connectivity index (χ1n) is 7.76. The monoisotopic (exact) mass is 310 g/mol. The van der Waals surface area contributed by atoms with Crippen molar-refractivity contribution in [3.63, 3.8) is 0 Å². The zero-order valence-corrected chi connectivity index (χ0v) is 13.8. The largest absolute Gasteiger partial charge is 0.326 e. The average Bonchev–Trinajstić information content (AvgIpc) is 2.54. The van der Waals surface area contributed by atoms with Crippen LogP contribution in [0.2, 0.25) is 0 Å². The molecule has 2 rings (SSSR count). The van der Waals surface area contributed by atoms with Crippen LogP contribution in [-0.4, -0.2) is 25.8 Å². The van der Waals surface area contributed by atoms with Crippen LogP contribution < -0.4 is 5.73 Å². The van der Waals surface area contributed by atoms with Gasteiger partial charge in [0.05, 0.1) is 4.90 Å². The third-order valence-corrected chi connectivity index (χ3v) is 6.63. The summed E-state index contributed by atoms with van der Waals surface area (Å²) in [5.74, 6) is 0.762. The van der Waals surface area contributed by atoms with Crippen LogP contribution in [0.3, 0.4) is 0 Å². The van der Waals surface area contributed by atoms with Gasteiger partial charge in [0.15, 0.2) is 0 Å². The zero-order valence-electron chi connectivity index (χ0n) is 13.0. The summed E-state index contributed by atoms with van der Waals surface area (Å²) in [6.07, 6.45) is 5.38. The van der Waals surface area contributed by atoms with Crippen LogP contribution in [0.1, 0.15) is 44.6 Å². The minimum absolute atomic E-state index is 0.124. The van der Waals surface area contributed by atoms with Gasteiger partial charge >= 0.3 is 0 Å². The summed E-state index contributed by atoms with van der Waals surface area (Å²) >= 11 is 0. The van der Waals surface area contributed by atoms with Gasteiger partial charge in [-0.2, -0.15) is 4.31 Å². The van der Waals surface area contributed by atoms with E-state index in [0.717, 1.165) is 37.2 Å². The summed E-state index contributed by atoms with van der Waals surface area (Å²) in [7, 11) is -1.71. The van der Waals surface area contributed by atoms with Gasteiger partial charge < -0.3 is 5.73 Å². The Kier molecular flexibility index (Phi) is 5.41. The lowest BCUT2D eigenvalue weighted by Crippen LogP contribution is -2.39. The second-order valence-corrected chi connectivity index (χ2v) is 7.95. The summed E-state index contributed by atoms with van der Waals surface area (Å²) in [5, 5.41) is 0. The summed E-state index contributed by atoms with van der Waals surface area (Å²) in [4.78, 5) is 0.352. The summed E-state index contributed by atoms with van der Waals surface area (Å²) < 4.78 is 27.0. The molecule has 21 heavy (non-hydrogen) atoms. The Labute approximate surface area is 128 Å². The molecule has 0 bridgehead atoms. The number of hydrogen-bond acceptors (Lipinski definition) is 3. The number of nitrogens with two attached hydrogens (primary N) is 1. The van der Waals surface area contributed by atoms with Gasteiger partial charge in [0, 0.05) is 19.6 Å². The topological polar surface area (TPSA) is 63.4 Å². The van der Waals surface area contributed by atoms with Gasteiger partial charge in [0.2, 0.25) is 10.0 Å². The van der Waals surface area contributed by atoms with Gasteiger partial charge in [0.1, 0.15) is 0 Å². The highest BCUT2D eigenvalue weighted by atomic mass is 32.2. The molecular formula is C16H26N2O2S. The third-order valence-electron chi connectivity index (χ3n) is 4.72.